The van der Waals surface area contributed by atoms with Gasteiger partial charge in [-0.2, -0.15) is 0 Å². The van der Waals surface area contributed by atoms with Gasteiger partial charge in [0, 0.05) is 18.8 Å². The van der Waals surface area contributed by atoms with Crippen molar-refractivity contribution in [1.29, 1.82) is 0 Å². The zero-order valence-electron chi connectivity index (χ0n) is 15.1. The fourth-order valence-electron chi connectivity index (χ4n) is 2.91. The molecule has 0 aliphatic heterocycles. The van der Waals surface area contributed by atoms with Crippen LogP contribution < -0.4 is 11.1 Å². The average molecular weight is 335 g/mol. The zero-order valence-corrected chi connectivity index (χ0v) is 15.1. The number of para-hydroxylation sites is 2. The molecule has 0 saturated carbocycles. The predicted octanol–water partition coefficient (Wildman–Crippen LogP) is 3.78. The molecule has 3 N–H and O–H groups in total. The lowest BCUT2D eigenvalue weighted by atomic mass is 10.1. The summed E-state index contributed by atoms with van der Waals surface area (Å²) < 4.78 is 2.23. The van der Waals surface area contributed by atoms with Crippen LogP contribution in [0.1, 0.15) is 23.4 Å². The third-order valence-corrected chi connectivity index (χ3v) is 4.45. The SMILES string of the molecule is Cc1ccc(NC(N)=NCCCn2c(C)nc3ccccc32)cc1C. The van der Waals surface area contributed by atoms with Crippen LogP contribution in [0.2, 0.25) is 0 Å². The lowest BCUT2D eigenvalue weighted by Crippen LogP contribution is -2.23. The van der Waals surface area contributed by atoms with Gasteiger partial charge < -0.3 is 15.6 Å². The first-order valence-corrected chi connectivity index (χ1v) is 8.60. The number of aliphatic imine (C=N–C) groups is 1. The van der Waals surface area contributed by atoms with E-state index in [0.29, 0.717) is 12.5 Å². The van der Waals surface area contributed by atoms with Crippen molar-refractivity contribution in [2.24, 2.45) is 10.7 Å². The van der Waals surface area contributed by atoms with Gasteiger partial charge in [0.2, 0.25) is 0 Å². The van der Waals surface area contributed by atoms with Gasteiger partial charge in [0.25, 0.3) is 0 Å². The van der Waals surface area contributed by atoms with Gasteiger partial charge in [0.1, 0.15) is 5.82 Å². The van der Waals surface area contributed by atoms with E-state index >= 15 is 0 Å². The monoisotopic (exact) mass is 335 g/mol. The Morgan fingerprint density at radius 2 is 1.92 bits per heavy atom. The first-order valence-electron chi connectivity index (χ1n) is 8.60. The van der Waals surface area contributed by atoms with Crippen LogP contribution in [0.15, 0.2) is 47.5 Å². The van der Waals surface area contributed by atoms with Crippen LogP contribution in [-0.4, -0.2) is 22.1 Å². The van der Waals surface area contributed by atoms with Crippen molar-refractivity contribution in [3.8, 4) is 0 Å². The number of nitrogens with zero attached hydrogens (tertiary/aromatic N) is 3. The summed E-state index contributed by atoms with van der Waals surface area (Å²) in [6.07, 6.45) is 0.913. The Morgan fingerprint density at radius 3 is 2.72 bits per heavy atom. The highest BCUT2D eigenvalue weighted by Crippen LogP contribution is 2.16. The standard InChI is InChI=1S/C20H25N5/c1-14-9-10-17(13-15(14)2)24-20(21)22-11-6-12-25-16(3)23-18-7-4-5-8-19(18)25/h4-5,7-10,13H,6,11-12H2,1-3H3,(H3,21,22,24). The van der Waals surface area contributed by atoms with Crippen LogP contribution in [0.3, 0.4) is 0 Å². The molecule has 0 amide bonds. The number of aryl methyl sites for hydroxylation is 4. The first kappa shape index (κ1) is 17.0. The molecule has 3 rings (SSSR count). The number of aromatic nitrogens is 2. The summed E-state index contributed by atoms with van der Waals surface area (Å²) in [7, 11) is 0. The summed E-state index contributed by atoms with van der Waals surface area (Å²) in [6.45, 7) is 7.78. The normalized spacial score (nSPS) is 11.9. The molecule has 3 aromatic rings. The maximum absolute atomic E-state index is 5.99. The van der Waals surface area contributed by atoms with E-state index in [1.807, 2.05) is 31.2 Å². The summed E-state index contributed by atoms with van der Waals surface area (Å²) in [5.41, 5.74) is 11.7. The second-order valence-corrected chi connectivity index (χ2v) is 6.34. The van der Waals surface area contributed by atoms with Gasteiger partial charge in [-0.15, -0.1) is 0 Å². The smallest absolute Gasteiger partial charge is 0.193 e. The molecule has 0 atom stereocenters. The summed E-state index contributed by atoms with van der Waals surface area (Å²) in [4.78, 5) is 9.02. The summed E-state index contributed by atoms with van der Waals surface area (Å²) in [5, 5.41) is 3.15. The molecule has 130 valence electrons. The number of nitrogens with one attached hydrogen (secondary N) is 1. The van der Waals surface area contributed by atoms with Gasteiger partial charge in [-0.05, 0) is 62.6 Å². The Kier molecular flexibility index (Phi) is 5.03. The minimum absolute atomic E-state index is 0.454. The summed E-state index contributed by atoms with van der Waals surface area (Å²) >= 11 is 0. The van der Waals surface area contributed by atoms with E-state index < -0.39 is 0 Å². The largest absolute Gasteiger partial charge is 0.370 e. The van der Waals surface area contributed by atoms with Gasteiger partial charge in [-0.3, -0.25) is 4.99 Å². The quantitative estimate of drug-likeness (QED) is 0.423. The molecule has 5 nitrogen and oxygen atoms in total. The van der Waals surface area contributed by atoms with Crippen LogP contribution in [-0.2, 0) is 6.54 Å². The minimum atomic E-state index is 0.454. The predicted molar refractivity (Wildman–Crippen MR) is 105 cm³/mol. The fraction of sp³-hybridized carbons (Fsp3) is 0.300. The molecule has 0 aliphatic rings. The molecule has 0 fully saturated rings. The third-order valence-electron chi connectivity index (χ3n) is 4.45. The number of hydrogen-bond acceptors (Lipinski definition) is 2. The van der Waals surface area contributed by atoms with E-state index in [2.05, 4.69) is 51.9 Å². The molecule has 0 radical (unpaired) electrons. The summed E-state index contributed by atoms with van der Waals surface area (Å²) in [6, 6.07) is 14.4. The van der Waals surface area contributed by atoms with E-state index in [4.69, 9.17) is 5.73 Å². The molecule has 1 aromatic heterocycles. The zero-order chi connectivity index (χ0) is 17.8. The molecular formula is C20H25N5. The first-order chi connectivity index (χ1) is 12.0. The van der Waals surface area contributed by atoms with Gasteiger partial charge in [0.05, 0.1) is 11.0 Å². The molecule has 0 spiro atoms. The fourth-order valence-corrected chi connectivity index (χ4v) is 2.91. The van der Waals surface area contributed by atoms with E-state index in [9.17, 15) is 0 Å². The molecule has 25 heavy (non-hydrogen) atoms. The second kappa shape index (κ2) is 7.38. The van der Waals surface area contributed by atoms with Crippen LogP contribution >= 0.6 is 0 Å². The highest BCUT2D eigenvalue weighted by Gasteiger charge is 2.05. The highest BCUT2D eigenvalue weighted by molar-refractivity contribution is 5.92. The highest BCUT2D eigenvalue weighted by atomic mass is 15.1. The van der Waals surface area contributed by atoms with Crippen molar-refractivity contribution in [3.05, 3.63) is 59.4 Å². The van der Waals surface area contributed by atoms with Gasteiger partial charge in [0.15, 0.2) is 5.96 Å². The van der Waals surface area contributed by atoms with E-state index in [0.717, 1.165) is 30.0 Å². The van der Waals surface area contributed by atoms with Crippen molar-refractivity contribution in [2.45, 2.75) is 33.7 Å². The number of anilines is 1. The molecule has 0 aliphatic carbocycles. The van der Waals surface area contributed by atoms with Gasteiger partial charge in [-0.25, -0.2) is 4.98 Å². The molecule has 2 aromatic carbocycles. The molecule has 5 heteroatoms. The Morgan fingerprint density at radius 1 is 1.12 bits per heavy atom. The maximum atomic E-state index is 5.99. The van der Waals surface area contributed by atoms with Crippen LogP contribution in [0.5, 0.6) is 0 Å². The van der Waals surface area contributed by atoms with Crippen LogP contribution in [0.25, 0.3) is 11.0 Å². The van der Waals surface area contributed by atoms with E-state index in [1.54, 1.807) is 0 Å². The number of hydrogen-bond donors (Lipinski definition) is 2. The Labute approximate surface area is 148 Å². The van der Waals surface area contributed by atoms with Crippen LogP contribution in [0.4, 0.5) is 5.69 Å². The van der Waals surface area contributed by atoms with Crippen LogP contribution in [0, 0.1) is 20.8 Å². The lowest BCUT2D eigenvalue weighted by Gasteiger charge is -2.09. The average Bonchev–Trinajstić information content (AvgIpc) is 2.90. The molecule has 0 unspecified atom stereocenters. The third kappa shape index (κ3) is 3.99. The summed E-state index contributed by atoms with van der Waals surface area (Å²) in [5.74, 6) is 1.49. The van der Waals surface area contributed by atoms with E-state index in [1.165, 1.54) is 16.6 Å². The van der Waals surface area contributed by atoms with Crippen molar-refractivity contribution < 1.29 is 0 Å². The number of rotatable bonds is 5. The number of nitrogens with two attached hydrogens (primary N) is 1. The van der Waals surface area contributed by atoms with Crippen molar-refractivity contribution >= 4 is 22.7 Å². The molecule has 0 bridgehead atoms. The maximum Gasteiger partial charge on any atom is 0.193 e. The lowest BCUT2D eigenvalue weighted by molar-refractivity contribution is 0.649. The molecule has 1 heterocycles. The Bertz CT molecular complexity index is 908. The minimum Gasteiger partial charge on any atom is -0.370 e. The molecular weight excluding hydrogens is 310 g/mol. The topological polar surface area (TPSA) is 68.2 Å². The Hall–Kier alpha value is -2.82. The van der Waals surface area contributed by atoms with Gasteiger partial charge >= 0.3 is 0 Å². The number of imidazole rings is 1. The van der Waals surface area contributed by atoms with Crippen molar-refractivity contribution in [3.63, 3.8) is 0 Å². The number of benzene rings is 2. The Balaban J connectivity index is 1.57. The number of guanidine groups is 1. The van der Waals surface area contributed by atoms with E-state index in [-0.39, 0.29) is 0 Å². The molecule has 0 saturated heterocycles. The number of fused-ring (bicyclic) bond motifs is 1. The second-order valence-electron chi connectivity index (χ2n) is 6.34. The van der Waals surface area contributed by atoms with Gasteiger partial charge in [-0.1, -0.05) is 18.2 Å². The van der Waals surface area contributed by atoms with Crippen molar-refractivity contribution in [1.82, 2.24) is 9.55 Å². The van der Waals surface area contributed by atoms with Crippen molar-refractivity contribution in [2.75, 3.05) is 11.9 Å².